The Hall–Kier alpha value is -0.740. The van der Waals surface area contributed by atoms with Crippen molar-refractivity contribution in [3.63, 3.8) is 0 Å². The van der Waals surface area contributed by atoms with Crippen LogP contribution in [0, 0.1) is 0 Å². The summed E-state index contributed by atoms with van der Waals surface area (Å²) in [5.41, 5.74) is 7.89. The minimum absolute atomic E-state index is 0.164. The molecular weight excluding hydrogens is 230 g/mol. The molecule has 1 rings (SSSR count). The molecule has 70 valence electrons. The molecule has 0 bridgehead atoms. The fourth-order valence-electron chi connectivity index (χ4n) is 1.01. The van der Waals surface area contributed by atoms with E-state index in [2.05, 4.69) is 25.9 Å². The molecular formula is C9H12BrN3. The number of aromatic nitrogens is 2. The SMILES string of the molecule is CC(C)=CC(N)c1ncncc1Br. The first kappa shape index (κ1) is 10.3. The van der Waals surface area contributed by atoms with Gasteiger partial charge in [-0.1, -0.05) is 11.6 Å². The molecule has 1 heterocycles. The molecule has 0 aliphatic rings. The van der Waals surface area contributed by atoms with Gasteiger partial charge in [0.2, 0.25) is 0 Å². The van der Waals surface area contributed by atoms with Crippen molar-refractivity contribution in [2.75, 3.05) is 0 Å². The molecule has 0 aliphatic carbocycles. The van der Waals surface area contributed by atoms with E-state index in [1.54, 1.807) is 6.20 Å². The summed E-state index contributed by atoms with van der Waals surface area (Å²) in [4.78, 5) is 7.98. The molecule has 0 aromatic carbocycles. The van der Waals surface area contributed by atoms with E-state index in [0.717, 1.165) is 10.2 Å². The van der Waals surface area contributed by atoms with E-state index in [9.17, 15) is 0 Å². The maximum atomic E-state index is 5.90. The van der Waals surface area contributed by atoms with E-state index < -0.39 is 0 Å². The molecule has 1 aromatic rings. The summed E-state index contributed by atoms with van der Waals surface area (Å²) in [5.74, 6) is 0. The van der Waals surface area contributed by atoms with Crippen molar-refractivity contribution in [1.82, 2.24) is 9.97 Å². The van der Waals surface area contributed by atoms with Gasteiger partial charge in [0.05, 0.1) is 16.2 Å². The fraction of sp³-hybridized carbons (Fsp3) is 0.333. The standard InChI is InChI=1S/C9H12BrN3/c1-6(2)3-8(11)9-7(10)4-12-5-13-9/h3-5,8H,11H2,1-2H3. The third-order valence-corrected chi connectivity index (χ3v) is 2.14. The second-order valence-electron chi connectivity index (χ2n) is 3.03. The van der Waals surface area contributed by atoms with E-state index in [1.807, 2.05) is 19.9 Å². The van der Waals surface area contributed by atoms with Crippen LogP contribution in [0.3, 0.4) is 0 Å². The van der Waals surface area contributed by atoms with Gasteiger partial charge in [-0.15, -0.1) is 0 Å². The van der Waals surface area contributed by atoms with Gasteiger partial charge in [-0.2, -0.15) is 0 Å². The van der Waals surface area contributed by atoms with Gasteiger partial charge in [0, 0.05) is 6.20 Å². The van der Waals surface area contributed by atoms with Gasteiger partial charge >= 0.3 is 0 Å². The highest BCUT2D eigenvalue weighted by Gasteiger charge is 2.07. The lowest BCUT2D eigenvalue weighted by molar-refractivity contribution is 0.834. The summed E-state index contributed by atoms with van der Waals surface area (Å²) in [6.07, 6.45) is 5.16. The molecule has 0 fully saturated rings. The predicted molar refractivity (Wildman–Crippen MR) is 56.1 cm³/mol. The van der Waals surface area contributed by atoms with Crippen molar-refractivity contribution >= 4 is 15.9 Å². The maximum Gasteiger partial charge on any atom is 0.115 e. The van der Waals surface area contributed by atoms with Crippen molar-refractivity contribution in [2.24, 2.45) is 5.73 Å². The van der Waals surface area contributed by atoms with Crippen LogP contribution in [0.25, 0.3) is 0 Å². The Morgan fingerprint density at radius 1 is 1.62 bits per heavy atom. The van der Waals surface area contributed by atoms with Crippen LogP contribution in [0.4, 0.5) is 0 Å². The zero-order valence-electron chi connectivity index (χ0n) is 7.66. The van der Waals surface area contributed by atoms with Crippen molar-refractivity contribution in [1.29, 1.82) is 0 Å². The molecule has 2 N–H and O–H groups in total. The summed E-state index contributed by atoms with van der Waals surface area (Å²) in [6.45, 7) is 4.02. The monoisotopic (exact) mass is 241 g/mol. The van der Waals surface area contributed by atoms with Gasteiger partial charge in [0.25, 0.3) is 0 Å². The molecule has 3 nitrogen and oxygen atoms in total. The average molecular weight is 242 g/mol. The topological polar surface area (TPSA) is 51.8 Å². The number of nitrogens with zero attached hydrogens (tertiary/aromatic N) is 2. The first-order valence-corrected chi connectivity index (χ1v) is 4.76. The van der Waals surface area contributed by atoms with Crippen molar-refractivity contribution < 1.29 is 0 Å². The predicted octanol–water partition coefficient (Wildman–Crippen LogP) is 2.21. The Labute approximate surface area is 86.2 Å². The summed E-state index contributed by atoms with van der Waals surface area (Å²) < 4.78 is 0.847. The summed E-state index contributed by atoms with van der Waals surface area (Å²) in [5, 5.41) is 0. The van der Waals surface area contributed by atoms with Crippen LogP contribution in [0.1, 0.15) is 25.6 Å². The molecule has 0 radical (unpaired) electrons. The highest BCUT2D eigenvalue weighted by Crippen LogP contribution is 2.19. The Balaban J connectivity index is 2.95. The smallest absolute Gasteiger partial charge is 0.115 e. The first-order valence-electron chi connectivity index (χ1n) is 3.97. The largest absolute Gasteiger partial charge is 0.319 e. The zero-order chi connectivity index (χ0) is 9.84. The molecule has 0 saturated carbocycles. The summed E-state index contributed by atoms with van der Waals surface area (Å²) in [6, 6.07) is -0.164. The number of rotatable bonds is 2. The number of allylic oxidation sites excluding steroid dienone is 1. The third-order valence-electron chi connectivity index (χ3n) is 1.52. The fourth-order valence-corrected chi connectivity index (χ4v) is 1.49. The van der Waals surface area contributed by atoms with Crippen LogP contribution in [0.2, 0.25) is 0 Å². The Morgan fingerprint density at radius 3 is 2.85 bits per heavy atom. The molecule has 13 heavy (non-hydrogen) atoms. The van der Waals surface area contributed by atoms with Gasteiger partial charge < -0.3 is 5.73 Å². The highest BCUT2D eigenvalue weighted by atomic mass is 79.9. The highest BCUT2D eigenvalue weighted by molar-refractivity contribution is 9.10. The molecule has 0 spiro atoms. The number of hydrogen-bond donors (Lipinski definition) is 1. The Morgan fingerprint density at radius 2 is 2.31 bits per heavy atom. The average Bonchev–Trinajstić information content (AvgIpc) is 2.03. The van der Waals surface area contributed by atoms with Crippen LogP contribution < -0.4 is 5.73 Å². The Kier molecular flexibility index (Phi) is 3.57. The maximum absolute atomic E-state index is 5.90. The van der Waals surface area contributed by atoms with Gasteiger partial charge in [0.15, 0.2) is 0 Å². The lowest BCUT2D eigenvalue weighted by Gasteiger charge is -2.07. The molecule has 1 unspecified atom stereocenters. The Bertz CT molecular complexity index is 318. The number of nitrogens with two attached hydrogens (primary N) is 1. The van der Waals surface area contributed by atoms with Gasteiger partial charge in [-0.25, -0.2) is 9.97 Å². The van der Waals surface area contributed by atoms with E-state index >= 15 is 0 Å². The minimum Gasteiger partial charge on any atom is -0.319 e. The molecule has 1 atom stereocenters. The van der Waals surface area contributed by atoms with Crippen LogP contribution in [0.15, 0.2) is 28.6 Å². The van der Waals surface area contributed by atoms with Gasteiger partial charge in [-0.05, 0) is 29.8 Å². The van der Waals surface area contributed by atoms with Gasteiger partial charge in [0.1, 0.15) is 6.33 Å². The van der Waals surface area contributed by atoms with E-state index in [0.29, 0.717) is 0 Å². The first-order chi connectivity index (χ1) is 6.11. The quantitative estimate of drug-likeness (QED) is 0.809. The summed E-state index contributed by atoms with van der Waals surface area (Å²) >= 11 is 3.35. The van der Waals surface area contributed by atoms with Gasteiger partial charge in [-0.3, -0.25) is 0 Å². The van der Waals surface area contributed by atoms with Crippen LogP contribution in [-0.4, -0.2) is 9.97 Å². The molecule has 0 aliphatic heterocycles. The molecule has 1 aromatic heterocycles. The van der Waals surface area contributed by atoms with Crippen LogP contribution in [-0.2, 0) is 0 Å². The molecule has 0 amide bonds. The van der Waals surface area contributed by atoms with Crippen molar-refractivity contribution in [3.05, 3.63) is 34.3 Å². The molecule has 4 heteroatoms. The minimum atomic E-state index is -0.164. The second kappa shape index (κ2) is 4.48. The zero-order valence-corrected chi connectivity index (χ0v) is 9.25. The van der Waals surface area contributed by atoms with E-state index in [-0.39, 0.29) is 6.04 Å². The van der Waals surface area contributed by atoms with E-state index in [1.165, 1.54) is 11.9 Å². The lowest BCUT2D eigenvalue weighted by atomic mass is 10.1. The van der Waals surface area contributed by atoms with Crippen LogP contribution >= 0.6 is 15.9 Å². The number of hydrogen-bond acceptors (Lipinski definition) is 3. The normalized spacial score (nSPS) is 12.3. The third kappa shape index (κ3) is 2.90. The van der Waals surface area contributed by atoms with Crippen molar-refractivity contribution in [2.45, 2.75) is 19.9 Å². The number of halogens is 1. The van der Waals surface area contributed by atoms with E-state index in [4.69, 9.17) is 5.73 Å². The summed E-state index contributed by atoms with van der Waals surface area (Å²) in [7, 11) is 0. The van der Waals surface area contributed by atoms with Crippen molar-refractivity contribution in [3.8, 4) is 0 Å². The second-order valence-corrected chi connectivity index (χ2v) is 3.88. The molecule has 0 saturated heterocycles. The lowest BCUT2D eigenvalue weighted by Crippen LogP contribution is -2.10. The van der Waals surface area contributed by atoms with Crippen LogP contribution in [0.5, 0.6) is 0 Å².